The fraction of sp³-hybridized carbons (Fsp3) is 0.571. The Kier molecular flexibility index (Phi) is 6.61. The molecule has 6 heteroatoms. The van der Waals surface area contributed by atoms with Crippen molar-refractivity contribution in [3.8, 4) is 0 Å². The van der Waals surface area contributed by atoms with Crippen LogP contribution in [0.4, 0.5) is 0 Å². The predicted octanol–water partition coefficient (Wildman–Crippen LogP) is 1.07. The monoisotopic (exact) mass is 299 g/mol. The van der Waals surface area contributed by atoms with Gasteiger partial charge in [-0.15, -0.1) is 0 Å². The third-order valence-corrected chi connectivity index (χ3v) is 5.46. The largest absolute Gasteiger partial charge is 0.329 e. The van der Waals surface area contributed by atoms with Gasteiger partial charge in [-0.2, -0.15) is 17.0 Å². The first-order valence-corrected chi connectivity index (χ1v) is 8.26. The normalized spacial score (nSPS) is 12.6. The van der Waals surface area contributed by atoms with E-state index >= 15 is 0 Å². The van der Waals surface area contributed by atoms with E-state index in [1.165, 1.54) is 8.61 Å². The molecule has 114 valence electrons. The highest BCUT2D eigenvalue weighted by atomic mass is 32.2. The van der Waals surface area contributed by atoms with E-state index in [-0.39, 0.29) is 6.04 Å². The molecule has 1 aromatic rings. The highest BCUT2D eigenvalue weighted by Gasteiger charge is 2.27. The van der Waals surface area contributed by atoms with E-state index < -0.39 is 10.2 Å². The number of nitrogens with zero attached hydrogens (tertiary/aromatic N) is 2. The van der Waals surface area contributed by atoms with Crippen molar-refractivity contribution in [3.63, 3.8) is 0 Å². The van der Waals surface area contributed by atoms with Gasteiger partial charge in [-0.1, -0.05) is 30.3 Å². The molecule has 0 radical (unpaired) electrons. The summed E-state index contributed by atoms with van der Waals surface area (Å²) in [5.74, 6) is 0. The van der Waals surface area contributed by atoms with Gasteiger partial charge in [0.1, 0.15) is 0 Å². The van der Waals surface area contributed by atoms with Crippen molar-refractivity contribution in [1.29, 1.82) is 0 Å². The van der Waals surface area contributed by atoms with Gasteiger partial charge in [0.25, 0.3) is 10.2 Å². The van der Waals surface area contributed by atoms with Crippen LogP contribution in [0.2, 0.25) is 0 Å². The minimum atomic E-state index is -3.45. The van der Waals surface area contributed by atoms with Gasteiger partial charge in [-0.3, -0.25) is 0 Å². The van der Waals surface area contributed by atoms with Crippen LogP contribution >= 0.6 is 0 Å². The van der Waals surface area contributed by atoms with Gasteiger partial charge in [0.2, 0.25) is 0 Å². The maximum absolute atomic E-state index is 12.5. The zero-order valence-electron chi connectivity index (χ0n) is 12.5. The Bertz CT molecular complexity index is 488. The second kappa shape index (κ2) is 7.73. The molecule has 0 atom stereocenters. The molecule has 0 aliphatic rings. The smallest absolute Gasteiger partial charge is 0.282 e. The summed E-state index contributed by atoms with van der Waals surface area (Å²) in [6.45, 7) is 4.82. The van der Waals surface area contributed by atoms with Crippen LogP contribution in [0.3, 0.4) is 0 Å². The van der Waals surface area contributed by atoms with Crippen molar-refractivity contribution in [2.75, 3.05) is 26.7 Å². The standard InChI is InChI=1S/C14H25N3O2S/c1-13(2)16(3)20(18,19)17(12-10-15)11-9-14-7-5-4-6-8-14/h4-8,13H,9-12,15H2,1-3H3. The molecule has 1 aromatic carbocycles. The van der Waals surface area contributed by atoms with E-state index in [1.54, 1.807) is 7.05 Å². The summed E-state index contributed by atoms with van der Waals surface area (Å²) < 4.78 is 27.8. The number of hydrogen-bond acceptors (Lipinski definition) is 3. The molecule has 0 fully saturated rings. The molecule has 0 aliphatic heterocycles. The number of rotatable bonds is 8. The summed E-state index contributed by atoms with van der Waals surface area (Å²) in [5, 5.41) is 0. The lowest BCUT2D eigenvalue weighted by atomic mass is 10.1. The molecule has 1 rings (SSSR count). The third kappa shape index (κ3) is 4.56. The minimum absolute atomic E-state index is 0.0722. The van der Waals surface area contributed by atoms with Crippen molar-refractivity contribution >= 4 is 10.2 Å². The lowest BCUT2D eigenvalue weighted by Gasteiger charge is -2.29. The summed E-state index contributed by atoms with van der Waals surface area (Å²) in [7, 11) is -1.84. The molecule has 0 unspecified atom stereocenters. The van der Waals surface area contributed by atoms with Gasteiger partial charge in [0, 0.05) is 32.7 Å². The van der Waals surface area contributed by atoms with Crippen LogP contribution in [0, 0.1) is 0 Å². The summed E-state index contributed by atoms with van der Waals surface area (Å²) >= 11 is 0. The SMILES string of the molecule is CC(C)N(C)S(=O)(=O)N(CCN)CCc1ccccc1. The van der Waals surface area contributed by atoms with E-state index in [9.17, 15) is 8.42 Å². The van der Waals surface area contributed by atoms with E-state index in [0.29, 0.717) is 26.1 Å². The van der Waals surface area contributed by atoms with Gasteiger partial charge in [0.05, 0.1) is 0 Å². The summed E-state index contributed by atoms with van der Waals surface area (Å²) in [6.07, 6.45) is 0.687. The summed E-state index contributed by atoms with van der Waals surface area (Å²) in [6, 6.07) is 9.79. The van der Waals surface area contributed by atoms with Crippen LogP contribution in [-0.4, -0.2) is 49.8 Å². The molecule has 20 heavy (non-hydrogen) atoms. The predicted molar refractivity (Wildman–Crippen MR) is 82.6 cm³/mol. The fourth-order valence-electron chi connectivity index (χ4n) is 1.83. The van der Waals surface area contributed by atoms with Crippen LogP contribution in [0.5, 0.6) is 0 Å². The Morgan fingerprint density at radius 1 is 1.15 bits per heavy atom. The maximum Gasteiger partial charge on any atom is 0.282 e. The molecule has 0 aliphatic carbocycles. The van der Waals surface area contributed by atoms with Gasteiger partial charge in [-0.25, -0.2) is 0 Å². The molecule has 0 spiro atoms. The van der Waals surface area contributed by atoms with E-state index in [1.807, 2.05) is 44.2 Å². The van der Waals surface area contributed by atoms with Crippen LogP contribution in [0.25, 0.3) is 0 Å². The lowest BCUT2D eigenvalue weighted by molar-refractivity contribution is 0.338. The van der Waals surface area contributed by atoms with Crippen LogP contribution in [-0.2, 0) is 16.6 Å². The van der Waals surface area contributed by atoms with Gasteiger partial charge in [0.15, 0.2) is 0 Å². The molecule has 0 aromatic heterocycles. The average Bonchev–Trinajstić information content (AvgIpc) is 2.43. The fourth-order valence-corrected chi connectivity index (χ4v) is 3.39. The van der Waals surface area contributed by atoms with Crippen LogP contribution in [0.15, 0.2) is 30.3 Å². The zero-order chi connectivity index (χ0) is 15.2. The molecule has 0 heterocycles. The molecular formula is C14H25N3O2S. The molecule has 0 bridgehead atoms. The first-order valence-electron chi connectivity index (χ1n) is 6.86. The van der Waals surface area contributed by atoms with E-state index in [4.69, 9.17) is 5.73 Å². The number of benzene rings is 1. The third-order valence-electron chi connectivity index (χ3n) is 3.29. The van der Waals surface area contributed by atoms with Gasteiger partial charge < -0.3 is 5.73 Å². The van der Waals surface area contributed by atoms with Crippen molar-refractivity contribution in [1.82, 2.24) is 8.61 Å². The zero-order valence-corrected chi connectivity index (χ0v) is 13.3. The lowest BCUT2D eigenvalue weighted by Crippen LogP contribution is -2.47. The average molecular weight is 299 g/mol. The van der Waals surface area contributed by atoms with E-state index in [2.05, 4.69) is 0 Å². The quantitative estimate of drug-likeness (QED) is 0.781. The summed E-state index contributed by atoms with van der Waals surface area (Å²) in [5.41, 5.74) is 6.67. The topological polar surface area (TPSA) is 66.6 Å². The molecule has 0 amide bonds. The van der Waals surface area contributed by atoms with Crippen molar-refractivity contribution in [2.24, 2.45) is 5.73 Å². The molecular weight excluding hydrogens is 274 g/mol. The Morgan fingerprint density at radius 3 is 2.25 bits per heavy atom. The second-order valence-corrected chi connectivity index (χ2v) is 7.03. The van der Waals surface area contributed by atoms with Crippen molar-refractivity contribution in [3.05, 3.63) is 35.9 Å². The molecule has 2 N–H and O–H groups in total. The Morgan fingerprint density at radius 2 is 1.75 bits per heavy atom. The second-order valence-electron chi connectivity index (χ2n) is 5.04. The Hall–Kier alpha value is -0.950. The van der Waals surface area contributed by atoms with Crippen LogP contribution < -0.4 is 5.73 Å². The molecule has 0 saturated heterocycles. The number of hydrogen-bond donors (Lipinski definition) is 1. The van der Waals surface area contributed by atoms with Crippen molar-refractivity contribution in [2.45, 2.75) is 26.3 Å². The van der Waals surface area contributed by atoms with Crippen LogP contribution in [0.1, 0.15) is 19.4 Å². The van der Waals surface area contributed by atoms with Crippen molar-refractivity contribution < 1.29 is 8.42 Å². The molecule has 5 nitrogen and oxygen atoms in total. The molecule has 0 saturated carbocycles. The first kappa shape index (κ1) is 17.1. The highest BCUT2D eigenvalue weighted by molar-refractivity contribution is 7.86. The summed E-state index contributed by atoms with van der Waals surface area (Å²) in [4.78, 5) is 0. The van der Waals surface area contributed by atoms with Gasteiger partial charge in [-0.05, 0) is 25.8 Å². The highest BCUT2D eigenvalue weighted by Crippen LogP contribution is 2.11. The Labute approximate surface area is 122 Å². The Balaban J connectivity index is 2.78. The van der Waals surface area contributed by atoms with Gasteiger partial charge >= 0.3 is 0 Å². The first-order chi connectivity index (χ1) is 9.39. The van der Waals surface area contributed by atoms with E-state index in [0.717, 1.165) is 5.56 Å². The number of nitrogens with two attached hydrogens (primary N) is 1. The maximum atomic E-state index is 12.5. The minimum Gasteiger partial charge on any atom is -0.329 e.